The molecule has 26 heavy (non-hydrogen) atoms. The molecule has 0 unspecified atom stereocenters. The zero-order chi connectivity index (χ0) is 18.4. The van der Waals surface area contributed by atoms with Crippen LogP contribution in [0.4, 0.5) is 5.69 Å². The first kappa shape index (κ1) is 17.9. The number of hydrogen-bond donors (Lipinski definition) is 2. The second-order valence-corrected chi connectivity index (χ2v) is 6.60. The summed E-state index contributed by atoms with van der Waals surface area (Å²) in [6, 6.07) is 20.5. The SMILES string of the molecule is Cc1cccc(Cn2cccc2/C=N/NC(=S)Nc2ccccc2C)c1. The number of hydrazone groups is 1. The van der Waals surface area contributed by atoms with Gasteiger partial charge < -0.3 is 9.88 Å². The first-order chi connectivity index (χ1) is 12.6. The molecule has 0 aliphatic carbocycles. The predicted octanol–water partition coefficient (Wildman–Crippen LogP) is 4.47. The van der Waals surface area contributed by atoms with Crippen LogP contribution in [-0.4, -0.2) is 15.9 Å². The molecule has 0 amide bonds. The summed E-state index contributed by atoms with van der Waals surface area (Å²) in [6.07, 6.45) is 3.83. The van der Waals surface area contributed by atoms with Crippen LogP contribution in [0, 0.1) is 13.8 Å². The van der Waals surface area contributed by atoms with E-state index in [1.54, 1.807) is 6.21 Å². The molecule has 0 atom stereocenters. The molecule has 0 aliphatic heterocycles. The zero-order valence-corrected chi connectivity index (χ0v) is 15.8. The van der Waals surface area contributed by atoms with Crippen molar-refractivity contribution in [3.05, 3.63) is 89.2 Å². The summed E-state index contributed by atoms with van der Waals surface area (Å²) in [4.78, 5) is 0. The second-order valence-electron chi connectivity index (χ2n) is 6.19. The van der Waals surface area contributed by atoms with Crippen LogP contribution in [0.3, 0.4) is 0 Å². The summed E-state index contributed by atoms with van der Waals surface area (Å²) >= 11 is 5.30. The largest absolute Gasteiger partial charge is 0.342 e. The molecule has 3 rings (SSSR count). The molecule has 0 spiro atoms. The average Bonchev–Trinajstić information content (AvgIpc) is 3.04. The van der Waals surface area contributed by atoms with Gasteiger partial charge in [-0.3, -0.25) is 5.43 Å². The Hall–Kier alpha value is -2.92. The summed E-state index contributed by atoms with van der Waals surface area (Å²) in [5.74, 6) is 0. The van der Waals surface area contributed by atoms with Crippen molar-refractivity contribution >= 4 is 29.2 Å². The van der Waals surface area contributed by atoms with Gasteiger partial charge in [0.15, 0.2) is 5.11 Å². The number of nitrogens with one attached hydrogen (secondary N) is 2. The molecule has 0 radical (unpaired) electrons. The lowest BCUT2D eigenvalue weighted by Crippen LogP contribution is -2.24. The first-order valence-electron chi connectivity index (χ1n) is 8.48. The van der Waals surface area contributed by atoms with E-state index in [2.05, 4.69) is 51.6 Å². The van der Waals surface area contributed by atoms with Gasteiger partial charge in [-0.15, -0.1) is 0 Å². The van der Waals surface area contributed by atoms with E-state index in [0.717, 1.165) is 23.5 Å². The normalized spacial score (nSPS) is 10.8. The summed E-state index contributed by atoms with van der Waals surface area (Å²) in [6.45, 7) is 4.95. The summed E-state index contributed by atoms with van der Waals surface area (Å²) in [5, 5.41) is 7.88. The van der Waals surface area contributed by atoms with E-state index in [1.807, 2.05) is 49.5 Å². The van der Waals surface area contributed by atoms with E-state index >= 15 is 0 Å². The first-order valence-corrected chi connectivity index (χ1v) is 8.89. The molecule has 0 aliphatic rings. The van der Waals surface area contributed by atoms with Crippen LogP contribution in [0.15, 0.2) is 72.0 Å². The van der Waals surface area contributed by atoms with Gasteiger partial charge in [-0.2, -0.15) is 5.10 Å². The highest BCUT2D eigenvalue weighted by Gasteiger charge is 2.01. The number of anilines is 1. The Morgan fingerprint density at radius 1 is 1.08 bits per heavy atom. The van der Waals surface area contributed by atoms with E-state index < -0.39 is 0 Å². The van der Waals surface area contributed by atoms with E-state index in [1.165, 1.54) is 11.1 Å². The van der Waals surface area contributed by atoms with Gasteiger partial charge in [0.2, 0.25) is 0 Å². The smallest absolute Gasteiger partial charge is 0.191 e. The van der Waals surface area contributed by atoms with Gasteiger partial charge in [-0.1, -0.05) is 48.0 Å². The fraction of sp³-hybridized carbons (Fsp3) is 0.143. The average molecular weight is 363 g/mol. The summed E-state index contributed by atoms with van der Waals surface area (Å²) in [5.41, 5.74) is 8.52. The monoisotopic (exact) mass is 362 g/mol. The van der Waals surface area contributed by atoms with Gasteiger partial charge in [0.25, 0.3) is 0 Å². The van der Waals surface area contributed by atoms with Gasteiger partial charge in [0, 0.05) is 18.4 Å². The van der Waals surface area contributed by atoms with Crippen LogP contribution in [0.1, 0.15) is 22.4 Å². The van der Waals surface area contributed by atoms with Crippen LogP contribution in [0.25, 0.3) is 0 Å². The van der Waals surface area contributed by atoms with E-state index in [0.29, 0.717) is 5.11 Å². The van der Waals surface area contributed by atoms with Crippen LogP contribution in [-0.2, 0) is 6.54 Å². The molecule has 0 saturated heterocycles. The number of rotatable bonds is 5. The van der Waals surface area contributed by atoms with Gasteiger partial charge in [-0.25, -0.2) is 0 Å². The van der Waals surface area contributed by atoms with Gasteiger partial charge in [0.1, 0.15) is 0 Å². The van der Waals surface area contributed by atoms with Crippen molar-refractivity contribution in [1.29, 1.82) is 0 Å². The summed E-state index contributed by atoms with van der Waals surface area (Å²) < 4.78 is 2.15. The molecule has 1 heterocycles. The molecule has 5 heteroatoms. The van der Waals surface area contributed by atoms with Gasteiger partial charge >= 0.3 is 0 Å². The lowest BCUT2D eigenvalue weighted by Gasteiger charge is -2.10. The lowest BCUT2D eigenvalue weighted by molar-refractivity contribution is 0.798. The molecule has 0 saturated carbocycles. The second kappa shape index (κ2) is 8.45. The van der Waals surface area contributed by atoms with E-state index in [4.69, 9.17) is 12.2 Å². The highest BCUT2D eigenvalue weighted by molar-refractivity contribution is 7.80. The number of hydrogen-bond acceptors (Lipinski definition) is 2. The number of benzene rings is 2. The van der Waals surface area contributed by atoms with Crippen molar-refractivity contribution in [2.24, 2.45) is 5.10 Å². The van der Waals surface area contributed by atoms with Crippen molar-refractivity contribution in [3.8, 4) is 0 Å². The molecule has 1 aromatic heterocycles. The molecular weight excluding hydrogens is 340 g/mol. The minimum atomic E-state index is 0.465. The Kier molecular flexibility index (Phi) is 5.81. The highest BCUT2D eigenvalue weighted by Crippen LogP contribution is 2.12. The van der Waals surface area contributed by atoms with Crippen LogP contribution in [0.2, 0.25) is 0 Å². The molecule has 0 fully saturated rings. The van der Waals surface area contributed by atoms with E-state index in [9.17, 15) is 0 Å². The maximum Gasteiger partial charge on any atom is 0.191 e. The zero-order valence-electron chi connectivity index (χ0n) is 14.9. The molecular formula is C21H22N4S. The standard InChI is InChI=1S/C21H22N4S/c1-16-7-5-9-18(13-16)15-25-12-6-10-19(25)14-22-24-21(26)23-20-11-4-3-8-17(20)2/h3-14H,15H2,1-2H3,(H2,23,24,26)/b22-14+. The third kappa shape index (κ3) is 4.80. The van der Waals surface area contributed by atoms with Crippen LogP contribution >= 0.6 is 12.2 Å². The molecule has 2 aromatic carbocycles. The highest BCUT2D eigenvalue weighted by atomic mass is 32.1. The third-order valence-corrected chi connectivity index (χ3v) is 4.25. The number of aryl methyl sites for hydroxylation is 2. The number of thiocarbonyl (C=S) groups is 1. The van der Waals surface area contributed by atoms with Crippen LogP contribution in [0.5, 0.6) is 0 Å². The number of aromatic nitrogens is 1. The van der Waals surface area contributed by atoms with Crippen molar-refractivity contribution in [2.45, 2.75) is 20.4 Å². The Morgan fingerprint density at radius 3 is 2.73 bits per heavy atom. The van der Waals surface area contributed by atoms with Gasteiger partial charge in [-0.05, 0) is 55.4 Å². The molecule has 2 N–H and O–H groups in total. The maximum absolute atomic E-state index is 5.30. The van der Waals surface area contributed by atoms with Crippen molar-refractivity contribution in [3.63, 3.8) is 0 Å². The minimum absolute atomic E-state index is 0.465. The van der Waals surface area contributed by atoms with Crippen molar-refractivity contribution in [1.82, 2.24) is 9.99 Å². The van der Waals surface area contributed by atoms with Crippen molar-refractivity contribution < 1.29 is 0 Å². The molecule has 0 bridgehead atoms. The Bertz CT molecular complexity index is 927. The third-order valence-electron chi connectivity index (χ3n) is 4.06. The maximum atomic E-state index is 5.30. The van der Waals surface area contributed by atoms with E-state index in [-0.39, 0.29) is 0 Å². The minimum Gasteiger partial charge on any atom is -0.342 e. The Labute approximate surface area is 159 Å². The van der Waals surface area contributed by atoms with Gasteiger partial charge in [0.05, 0.1) is 11.9 Å². The Balaban J connectivity index is 1.60. The predicted molar refractivity (Wildman–Crippen MR) is 113 cm³/mol. The number of nitrogens with zero attached hydrogens (tertiary/aromatic N) is 2. The molecule has 3 aromatic rings. The lowest BCUT2D eigenvalue weighted by atomic mass is 10.1. The molecule has 132 valence electrons. The quantitative estimate of drug-likeness (QED) is 0.400. The topological polar surface area (TPSA) is 41.4 Å². The molecule has 4 nitrogen and oxygen atoms in total. The Morgan fingerprint density at radius 2 is 1.92 bits per heavy atom. The van der Waals surface area contributed by atoms with Crippen molar-refractivity contribution in [2.75, 3.05) is 5.32 Å². The fourth-order valence-corrected chi connectivity index (χ4v) is 2.88. The fourth-order valence-electron chi connectivity index (χ4n) is 2.72. The summed E-state index contributed by atoms with van der Waals surface area (Å²) in [7, 11) is 0. The van der Waals surface area contributed by atoms with Crippen LogP contribution < -0.4 is 10.7 Å². The number of para-hydroxylation sites is 1.